The van der Waals surface area contributed by atoms with Crippen molar-refractivity contribution in [2.75, 3.05) is 38.6 Å². The van der Waals surface area contributed by atoms with E-state index in [1.54, 1.807) is 4.90 Å². The molecule has 3 N–H and O–H groups in total. The molecule has 0 unspecified atom stereocenters. The van der Waals surface area contributed by atoms with E-state index in [-0.39, 0.29) is 24.8 Å². The van der Waals surface area contributed by atoms with E-state index in [1.165, 1.54) is 26.2 Å². The van der Waals surface area contributed by atoms with Crippen molar-refractivity contribution >= 4 is 11.6 Å². The van der Waals surface area contributed by atoms with Crippen molar-refractivity contribution in [3.63, 3.8) is 0 Å². The van der Waals surface area contributed by atoms with Gasteiger partial charge in [0, 0.05) is 0 Å². The molecule has 0 aromatic heterocycles. The lowest BCUT2D eigenvalue weighted by molar-refractivity contribution is -0.909. The first-order chi connectivity index (χ1) is 5.35. The Balaban J connectivity index is -0.000000500. The molecule has 84 valence electrons. The molecular formula is C8H21Cl3N2. The Morgan fingerprint density at radius 2 is 1.62 bits per heavy atom. The third-order valence-electron chi connectivity index (χ3n) is 2.02. The molecule has 0 spiro atoms. The number of halogens is 3. The quantitative estimate of drug-likeness (QED) is 0.332. The lowest BCUT2D eigenvalue weighted by Gasteiger charge is -2.13. The summed E-state index contributed by atoms with van der Waals surface area (Å²) >= 11 is 5.55. The Morgan fingerprint density at radius 1 is 1.08 bits per heavy atom. The number of quaternary nitrogens is 2. The largest absolute Gasteiger partial charge is 1.00 e. The number of hydrogen-bond acceptors (Lipinski definition) is 0. The van der Waals surface area contributed by atoms with Gasteiger partial charge in [0.2, 0.25) is 0 Å². The summed E-state index contributed by atoms with van der Waals surface area (Å²) < 4.78 is 0. The minimum atomic E-state index is 0. The van der Waals surface area contributed by atoms with E-state index in [2.05, 4.69) is 19.2 Å². The Morgan fingerprint density at radius 3 is 2.00 bits per heavy atom. The second-order valence-electron chi connectivity index (χ2n) is 2.76. The molecule has 5 heteroatoms. The predicted molar refractivity (Wildman–Crippen MR) is 49.3 cm³/mol. The van der Waals surface area contributed by atoms with Crippen molar-refractivity contribution in [3.05, 3.63) is 0 Å². The van der Waals surface area contributed by atoms with Gasteiger partial charge in [-0.1, -0.05) is 0 Å². The molecule has 0 aromatic rings. The Kier molecular flexibility index (Phi) is 22.8. The summed E-state index contributed by atoms with van der Waals surface area (Å²) in [6.07, 6.45) is 0. The maximum atomic E-state index is 5.55. The van der Waals surface area contributed by atoms with Gasteiger partial charge in [-0.2, -0.15) is 0 Å². The van der Waals surface area contributed by atoms with Gasteiger partial charge in [0.25, 0.3) is 0 Å². The topological polar surface area (TPSA) is 21.1 Å². The van der Waals surface area contributed by atoms with Gasteiger partial charge in [0.1, 0.15) is 13.1 Å². The zero-order valence-corrected chi connectivity index (χ0v) is 10.7. The number of nitrogens with two attached hydrogens (primary N) is 1. The maximum Gasteiger partial charge on any atom is 0.127 e. The molecular weight excluding hydrogens is 230 g/mol. The van der Waals surface area contributed by atoms with E-state index in [0.717, 1.165) is 12.4 Å². The highest BCUT2D eigenvalue weighted by Gasteiger charge is 2.01. The van der Waals surface area contributed by atoms with E-state index < -0.39 is 0 Å². The van der Waals surface area contributed by atoms with Crippen LogP contribution in [0.2, 0.25) is 0 Å². The van der Waals surface area contributed by atoms with Crippen molar-refractivity contribution in [2.45, 2.75) is 13.8 Å². The third-order valence-corrected chi connectivity index (χ3v) is 2.23. The molecule has 13 heavy (non-hydrogen) atoms. The van der Waals surface area contributed by atoms with Crippen molar-refractivity contribution < 1.29 is 35.0 Å². The summed E-state index contributed by atoms with van der Waals surface area (Å²) in [5, 5.41) is 2.29. The summed E-state index contributed by atoms with van der Waals surface area (Å²) in [5.74, 6) is 0.771. The van der Waals surface area contributed by atoms with Crippen LogP contribution >= 0.6 is 11.6 Å². The molecule has 0 radical (unpaired) electrons. The molecule has 0 saturated carbocycles. The molecule has 0 aromatic carbocycles. The van der Waals surface area contributed by atoms with E-state index in [1.807, 2.05) is 0 Å². The molecule has 0 aliphatic heterocycles. The number of hydrogen-bond donors (Lipinski definition) is 2. The van der Waals surface area contributed by atoms with Crippen LogP contribution in [0.5, 0.6) is 0 Å². The summed E-state index contributed by atoms with van der Waals surface area (Å²) in [6, 6.07) is 0. The van der Waals surface area contributed by atoms with E-state index in [0.29, 0.717) is 0 Å². The highest BCUT2D eigenvalue weighted by molar-refractivity contribution is 6.17. The van der Waals surface area contributed by atoms with Gasteiger partial charge in [0.15, 0.2) is 0 Å². The molecule has 0 bridgehead atoms. The highest BCUT2D eigenvalue weighted by atomic mass is 35.5. The van der Waals surface area contributed by atoms with Crippen LogP contribution in [0.1, 0.15) is 13.8 Å². The van der Waals surface area contributed by atoms with Gasteiger partial charge in [-0.3, -0.25) is 0 Å². The molecule has 0 fully saturated rings. The number of rotatable bonds is 7. The van der Waals surface area contributed by atoms with Crippen LogP contribution < -0.4 is 35.0 Å². The number of alkyl halides is 1. The van der Waals surface area contributed by atoms with Gasteiger partial charge in [-0.25, -0.2) is 0 Å². The zero-order chi connectivity index (χ0) is 8.53. The van der Waals surface area contributed by atoms with Crippen molar-refractivity contribution in [1.82, 2.24) is 0 Å². The van der Waals surface area contributed by atoms with Crippen molar-refractivity contribution in [1.29, 1.82) is 0 Å². The predicted octanol–water partition coefficient (Wildman–Crippen LogP) is -7.28. The normalized spacial score (nSPS) is 9.23. The Hall–Kier alpha value is 0.790. The lowest BCUT2D eigenvalue weighted by Crippen LogP contribution is -3.14. The summed E-state index contributed by atoms with van der Waals surface area (Å²) in [7, 11) is 0. The fraction of sp³-hybridized carbons (Fsp3) is 1.00. The second kappa shape index (κ2) is 15.3. The minimum Gasteiger partial charge on any atom is -1.00 e. The molecule has 0 aliphatic carbocycles. The second-order valence-corrected chi connectivity index (χ2v) is 3.14. The molecule has 0 amide bonds. The average molecular weight is 252 g/mol. The first-order valence-corrected chi connectivity index (χ1v) is 5.09. The van der Waals surface area contributed by atoms with Crippen molar-refractivity contribution in [3.8, 4) is 0 Å². The van der Waals surface area contributed by atoms with Crippen LogP contribution in [0.15, 0.2) is 0 Å². The molecule has 0 heterocycles. The van der Waals surface area contributed by atoms with Crippen molar-refractivity contribution in [2.24, 2.45) is 0 Å². The Labute approximate surface area is 99.2 Å². The smallest absolute Gasteiger partial charge is 0.127 e. The molecule has 2 nitrogen and oxygen atoms in total. The zero-order valence-electron chi connectivity index (χ0n) is 8.45. The van der Waals surface area contributed by atoms with Gasteiger partial charge in [0.05, 0.1) is 25.5 Å². The van der Waals surface area contributed by atoms with E-state index >= 15 is 0 Å². The summed E-state index contributed by atoms with van der Waals surface area (Å²) in [4.78, 5) is 1.68. The first-order valence-electron chi connectivity index (χ1n) is 4.56. The number of likely N-dealkylation sites (N-methyl/N-ethyl adjacent to an activating group) is 1. The monoisotopic (exact) mass is 250 g/mol. The lowest BCUT2D eigenvalue weighted by atomic mass is 10.4. The van der Waals surface area contributed by atoms with Crippen LogP contribution in [0.4, 0.5) is 0 Å². The van der Waals surface area contributed by atoms with Crippen LogP contribution in [-0.4, -0.2) is 38.6 Å². The fourth-order valence-electron chi connectivity index (χ4n) is 1.13. The van der Waals surface area contributed by atoms with E-state index in [9.17, 15) is 0 Å². The third kappa shape index (κ3) is 12.8. The average Bonchev–Trinajstić information content (AvgIpc) is 2.05. The SMILES string of the molecule is CC[NH+](CC)CC[NH2+]CCCl.[Cl-].[Cl-]. The molecule has 0 aliphatic rings. The fourth-order valence-corrected chi connectivity index (χ4v) is 1.29. The van der Waals surface area contributed by atoms with Gasteiger partial charge < -0.3 is 35.0 Å². The maximum absolute atomic E-state index is 5.55. The summed E-state index contributed by atoms with van der Waals surface area (Å²) in [6.45, 7) is 10.5. The highest BCUT2D eigenvalue weighted by Crippen LogP contribution is 1.60. The molecule has 0 rings (SSSR count). The van der Waals surface area contributed by atoms with Crippen LogP contribution in [-0.2, 0) is 0 Å². The van der Waals surface area contributed by atoms with E-state index in [4.69, 9.17) is 11.6 Å². The number of nitrogens with one attached hydrogen (secondary N) is 1. The first kappa shape index (κ1) is 19.4. The van der Waals surface area contributed by atoms with Gasteiger partial charge >= 0.3 is 0 Å². The Bertz CT molecular complexity index is 79.8. The standard InChI is InChI=1S/C8H19ClN2.2ClH/c1-3-11(4-2)8-7-10-6-5-9;;/h10H,3-8H2,1-2H3;2*1H. The minimum absolute atomic E-state index is 0. The van der Waals surface area contributed by atoms with Crippen LogP contribution in [0.3, 0.4) is 0 Å². The molecule has 0 atom stereocenters. The van der Waals surface area contributed by atoms with Crippen LogP contribution in [0, 0.1) is 0 Å². The molecule has 0 saturated heterocycles. The van der Waals surface area contributed by atoms with Crippen LogP contribution in [0.25, 0.3) is 0 Å². The summed E-state index contributed by atoms with van der Waals surface area (Å²) in [5.41, 5.74) is 0. The van der Waals surface area contributed by atoms with Gasteiger partial charge in [-0.15, -0.1) is 11.6 Å². The van der Waals surface area contributed by atoms with Gasteiger partial charge in [-0.05, 0) is 13.8 Å².